The average Bonchev–Trinajstić information content (AvgIpc) is 2.61. The summed E-state index contributed by atoms with van der Waals surface area (Å²) in [5.41, 5.74) is 2.06. The zero-order valence-electron chi connectivity index (χ0n) is 15.0. The summed E-state index contributed by atoms with van der Waals surface area (Å²) >= 11 is 0. The molecule has 0 aromatic heterocycles. The summed E-state index contributed by atoms with van der Waals surface area (Å²) in [6.07, 6.45) is 0. The monoisotopic (exact) mass is 355 g/mol. The van der Waals surface area contributed by atoms with Crippen molar-refractivity contribution in [1.82, 2.24) is 0 Å². The Morgan fingerprint density at radius 3 is 1.92 bits per heavy atom. The number of hydrogen-bond donors (Lipinski definition) is 1. The molecule has 0 heterocycles. The minimum atomic E-state index is -0.579. The molecular formula is C20H21NO5. The Bertz CT molecular complexity index is 792. The Morgan fingerprint density at radius 2 is 1.42 bits per heavy atom. The first-order chi connectivity index (χ1) is 12.4. The molecule has 2 aromatic rings. The van der Waals surface area contributed by atoms with Crippen molar-refractivity contribution in [1.29, 1.82) is 0 Å². The van der Waals surface area contributed by atoms with Gasteiger partial charge in [-0.2, -0.15) is 0 Å². The van der Waals surface area contributed by atoms with E-state index < -0.39 is 11.9 Å². The van der Waals surface area contributed by atoms with Gasteiger partial charge >= 0.3 is 11.9 Å². The number of ether oxygens (including phenoxy) is 2. The molecule has 26 heavy (non-hydrogen) atoms. The van der Waals surface area contributed by atoms with Crippen LogP contribution in [0.1, 0.15) is 50.5 Å². The van der Waals surface area contributed by atoms with Crippen LogP contribution in [0, 0.1) is 6.92 Å². The fourth-order valence-electron chi connectivity index (χ4n) is 2.35. The molecule has 0 radical (unpaired) electrons. The van der Waals surface area contributed by atoms with E-state index in [0.717, 1.165) is 5.56 Å². The fraction of sp³-hybridized carbons (Fsp3) is 0.250. The Labute approximate surface area is 152 Å². The normalized spacial score (nSPS) is 10.1. The molecule has 6 nitrogen and oxygen atoms in total. The highest BCUT2D eigenvalue weighted by atomic mass is 16.5. The lowest BCUT2D eigenvalue weighted by Crippen LogP contribution is -2.15. The van der Waals surface area contributed by atoms with Gasteiger partial charge in [-0.1, -0.05) is 17.7 Å². The third-order valence-corrected chi connectivity index (χ3v) is 3.49. The van der Waals surface area contributed by atoms with Gasteiger partial charge in [-0.15, -0.1) is 0 Å². The second-order valence-electron chi connectivity index (χ2n) is 5.56. The molecule has 0 aliphatic rings. The van der Waals surface area contributed by atoms with Crippen molar-refractivity contribution in [2.24, 2.45) is 0 Å². The summed E-state index contributed by atoms with van der Waals surface area (Å²) in [4.78, 5) is 36.5. The minimum absolute atomic E-state index is 0.164. The predicted molar refractivity (Wildman–Crippen MR) is 97.5 cm³/mol. The van der Waals surface area contributed by atoms with E-state index in [1.54, 1.807) is 32.0 Å². The molecule has 1 N–H and O–H groups in total. The van der Waals surface area contributed by atoms with E-state index in [-0.39, 0.29) is 30.2 Å². The summed E-state index contributed by atoms with van der Waals surface area (Å²) < 4.78 is 9.96. The molecular weight excluding hydrogens is 334 g/mol. The van der Waals surface area contributed by atoms with Crippen molar-refractivity contribution in [3.63, 3.8) is 0 Å². The third kappa shape index (κ3) is 4.92. The lowest BCUT2D eigenvalue weighted by Gasteiger charge is -2.11. The molecule has 0 saturated carbocycles. The van der Waals surface area contributed by atoms with E-state index in [9.17, 15) is 14.4 Å². The Kier molecular flexibility index (Phi) is 6.49. The van der Waals surface area contributed by atoms with E-state index in [4.69, 9.17) is 9.47 Å². The summed E-state index contributed by atoms with van der Waals surface area (Å²) in [5, 5.41) is 2.71. The van der Waals surface area contributed by atoms with Gasteiger partial charge in [-0.25, -0.2) is 9.59 Å². The number of nitrogens with one attached hydrogen (secondary N) is 1. The van der Waals surface area contributed by atoms with Crippen LogP contribution in [0.25, 0.3) is 0 Å². The first-order valence-electron chi connectivity index (χ1n) is 8.32. The highest BCUT2D eigenvalue weighted by Gasteiger charge is 2.16. The van der Waals surface area contributed by atoms with E-state index in [1.807, 2.05) is 13.0 Å². The Hall–Kier alpha value is -3.15. The maximum atomic E-state index is 12.4. The number of hydrogen-bond acceptors (Lipinski definition) is 5. The molecule has 0 saturated heterocycles. The second-order valence-corrected chi connectivity index (χ2v) is 5.56. The standard InChI is InChI=1S/C20H21NO5/c1-4-25-19(23)15-10-16(20(24)26-5-2)12-17(11-15)21-18(22)14-8-6-7-13(3)9-14/h6-12H,4-5H2,1-3H3,(H,21,22). The van der Waals surface area contributed by atoms with Crippen molar-refractivity contribution >= 4 is 23.5 Å². The molecule has 0 aliphatic heterocycles. The van der Waals surface area contributed by atoms with Crippen LogP contribution in [0.15, 0.2) is 42.5 Å². The number of amides is 1. The predicted octanol–water partition coefficient (Wildman–Crippen LogP) is 3.60. The minimum Gasteiger partial charge on any atom is -0.462 e. The molecule has 6 heteroatoms. The molecule has 1 amide bonds. The van der Waals surface area contributed by atoms with Crippen molar-refractivity contribution in [3.8, 4) is 0 Å². The highest BCUT2D eigenvalue weighted by molar-refractivity contribution is 6.06. The lowest BCUT2D eigenvalue weighted by molar-refractivity contribution is 0.0525. The van der Waals surface area contributed by atoms with Crippen LogP contribution in [0.5, 0.6) is 0 Å². The summed E-state index contributed by atoms with van der Waals surface area (Å²) in [7, 11) is 0. The third-order valence-electron chi connectivity index (χ3n) is 3.49. The van der Waals surface area contributed by atoms with Gasteiger partial charge in [0.1, 0.15) is 0 Å². The number of carbonyl (C=O) groups is 3. The van der Waals surface area contributed by atoms with E-state index in [0.29, 0.717) is 11.3 Å². The van der Waals surface area contributed by atoms with E-state index in [2.05, 4.69) is 5.32 Å². The summed E-state index contributed by atoms with van der Waals surface area (Å²) in [6, 6.07) is 11.4. The molecule has 0 atom stereocenters. The smallest absolute Gasteiger partial charge is 0.338 e. The Balaban J connectivity index is 2.35. The topological polar surface area (TPSA) is 81.7 Å². The number of esters is 2. The van der Waals surface area contributed by atoms with Gasteiger partial charge < -0.3 is 14.8 Å². The summed E-state index contributed by atoms with van der Waals surface area (Å²) in [5.74, 6) is -1.50. The molecule has 0 spiro atoms. The van der Waals surface area contributed by atoms with Crippen LogP contribution in [0.2, 0.25) is 0 Å². The van der Waals surface area contributed by atoms with Gasteiger partial charge in [0, 0.05) is 11.3 Å². The zero-order valence-corrected chi connectivity index (χ0v) is 15.0. The molecule has 136 valence electrons. The van der Waals surface area contributed by atoms with Crippen LogP contribution < -0.4 is 5.32 Å². The largest absolute Gasteiger partial charge is 0.462 e. The number of rotatable bonds is 6. The van der Waals surface area contributed by atoms with Gasteiger partial charge in [0.15, 0.2) is 0 Å². The first-order valence-corrected chi connectivity index (χ1v) is 8.32. The molecule has 0 fully saturated rings. The maximum absolute atomic E-state index is 12.4. The Morgan fingerprint density at radius 1 is 0.846 bits per heavy atom. The highest BCUT2D eigenvalue weighted by Crippen LogP contribution is 2.18. The van der Waals surface area contributed by atoms with Gasteiger partial charge in [0.25, 0.3) is 5.91 Å². The molecule has 0 bridgehead atoms. The maximum Gasteiger partial charge on any atom is 0.338 e. The molecule has 2 rings (SSSR count). The van der Waals surface area contributed by atoms with Gasteiger partial charge in [0.2, 0.25) is 0 Å². The van der Waals surface area contributed by atoms with Crippen LogP contribution >= 0.6 is 0 Å². The van der Waals surface area contributed by atoms with Crippen LogP contribution in [0.3, 0.4) is 0 Å². The van der Waals surface area contributed by atoms with Crippen molar-refractivity contribution in [2.45, 2.75) is 20.8 Å². The average molecular weight is 355 g/mol. The van der Waals surface area contributed by atoms with Gasteiger partial charge in [-0.3, -0.25) is 4.79 Å². The van der Waals surface area contributed by atoms with Crippen molar-refractivity contribution < 1.29 is 23.9 Å². The fourth-order valence-corrected chi connectivity index (χ4v) is 2.35. The molecule has 2 aromatic carbocycles. The zero-order chi connectivity index (χ0) is 19.1. The second kappa shape index (κ2) is 8.80. The van der Waals surface area contributed by atoms with Crippen LogP contribution in [-0.4, -0.2) is 31.1 Å². The van der Waals surface area contributed by atoms with E-state index in [1.165, 1.54) is 18.2 Å². The number of aryl methyl sites for hydroxylation is 1. The quantitative estimate of drug-likeness (QED) is 0.801. The van der Waals surface area contributed by atoms with E-state index >= 15 is 0 Å². The number of anilines is 1. The van der Waals surface area contributed by atoms with Crippen LogP contribution in [0.4, 0.5) is 5.69 Å². The van der Waals surface area contributed by atoms with Crippen molar-refractivity contribution in [2.75, 3.05) is 18.5 Å². The van der Waals surface area contributed by atoms with Crippen LogP contribution in [-0.2, 0) is 9.47 Å². The lowest BCUT2D eigenvalue weighted by atomic mass is 10.1. The number of benzene rings is 2. The van der Waals surface area contributed by atoms with Gasteiger partial charge in [-0.05, 0) is 51.1 Å². The molecule has 0 unspecified atom stereocenters. The first kappa shape index (κ1) is 19.2. The van der Waals surface area contributed by atoms with Crippen molar-refractivity contribution in [3.05, 3.63) is 64.7 Å². The SMILES string of the molecule is CCOC(=O)c1cc(NC(=O)c2cccc(C)c2)cc(C(=O)OCC)c1. The number of carbonyl (C=O) groups excluding carboxylic acids is 3. The van der Waals surface area contributed by atoms with Gasteiger partial charge in [0.05, 0.1) is 24.3 Å². The summed E-state index contributed by atoms with van der Waals surface area (Å²) in [6.45, 7) is 5.67. The molecule has 0 aliphatic carbocycles.